The third kappa shape index (κ3) is 2.86. The molecular weight excluding hydrogens is 248 g/mol. The van der Waals surface area contributed by atoms with Crippen molar-refractivity contribution in [2.45, 2.75) is 6.92 Å². The normalized spacial score (nSPS) is 15.5. The van der Waals surface area contributed by atoms with E-state index < -0.39 is 0 Å². The van der Waals surface area contributed by atoms with Crippen LogP contribution in [0, 0.1) is 0 Å². The van der Waals surface area contributed by atoms with Crippen molar-refractivity contribution < 1.29 is 14.3 Å². The quantitative estimate of drug-likeness (QED) is 0.774. The van der Waals surface area contributed by atoms with Crippen molar-refractivity contribution in [1.29, 1.82) is 0 Å². The number of rotatable bonds is 2. The average Bonchev–Trinajstić information content (AvgIpc) is 2.84. The summed E-state index contributed by atoms with van der Waals surface area (Å²) < 4.78 is 6.63. The van der Waals surface area contributed by atoms with Crippen LogP contribution in [0.15, 0.2) is 12.4 Å². The third-order valence-corrected chi connectivity index (χ3v) is 3.11. The Hall–Kier alpha value is -2.05. The molecule has 0 saturated carbocycles. The van der Waals surface area contributed by atoms with Crippen molar-refractivity contribution in [3.05, 3.63) is 18.2 Å². The summed E-state index contributed by atoms with van der Waals surface area (Å²) in [5.41, 5.74) is 0. The highest BCUT2D eigenvalue weighted by molar-refractivity contribution is 5.91. The second kappa shape index (κ2) is 5.73. The Morgan fingerprint density at radius 2 is 1.89 bits per heavy atom. The second-order valence-corrected chi connectivity index (χ2v) is 4.34. The van der Waals surface area contributed by atoms with Crippen molar-refractivity contribution in [3.8, 4) is 0 Å². The molecule has 0 unspecified atom stereocenters. The summed E-state index contributed by atoms with van der Waals surface area (Å²) in [6.45, 7) is 4.14. The van der Waals surface area contributed by atoms with E-state index in [0.717, 1.165) is 0 Å². The number of hydrogen-bond donors (Lipinski definition) is 0. The maximum Gasteiger partial charge on any atom is 0.409 e. The minimum absolute atomic E-state index is 0.101. The Bertz CT molecular complexity index is 463. The molecule has 1 aliphatic heterocycles. The van der Waals surface area contributed by atoms with Gasteiger partial charge in [-0.25, -0.2) is 9.78 Å². The number of amides is 2. The Labute approximate surface area is 111 Å². The van der Waals surface area contributed by atoms with Crippen molar-refractivity contribution in [3.63, 3.8) is 0 Å². The topological polar surface area (TPSA) is 67.7 Å². The number of ether oxygens (including phenoxy) is 1. The summed E-state index contributed by atoms with van der Waals surface area (Å²) in [6, 6.07) is 0. The molecule has 1 aromatic rings. The minimum atomic E-state index is -0.313. The molecule has 1 fully saturated rings. The van der Waals surface area contributed by atoms with E-state index >= 15 is 0 Å². The van der Waals surface area contributed by atoms with Crippen LogP contribution in [0.2, 0.25) is 0 Å². The van der Waals surface area contributed by atoms with Crippen LogP contribution in [0.1, 0.15) is 17.5 Å². The highest BCUT2D eigenvalue weighted by atomic mass is 16.6. The standard InChI is InChI=1S/C12H18N4O3/c1-3-19-12(18)16-8-6-15(7-9-16)11(17)10-13-4-5-14(10)2/h4-5H,3,6-9H2,1-2H3. The van der Waals surface area contributed by atoms with E-state index in [1.807, 2.05) is 0 Å². The molecule has 0 bridgehead atoms. The SMILES string of the molecule is CCOC(=O)N1CCN(C(=O)c2nccn2C)CC1. The zero-order chi connectivity index (χ0) is 13.8. The monoisotopic (exact) mass is 266 g/mol. The molecule has 1 aromatic heterocycles. The molecule has 1 aliphatic rings. The van der Waals surface area contributed by atoms with Crippen LogP contribution in [0.5, 0.6) is 0 Å². The first-order chi connectivity index (χ1) is 9.13. The van der Waals surface area contributed by atoms with Gasteiger partial charge in [-0.1, -0.05) is 0 Å². The fraction of sp³-hybridized carbons (Fsp3) is 0.583. The lowest BCUT2D eigenvalue weighted by Gasteiger charge is -2.33. The Morgan fingerprint density at radius 1 is 1.26 bits per heavy atom. The lowest BCUT2D eigenvalue weighted by molar-refractivity contribution is 0.0558. The molecule has 19 heavy (non-hydrogen) atoms. The summed E-state index contributed by atoms with van der Waals surface area (Å²) in [7, 11) is 1.79. The van der Waals surface area contributed by atoms with Gasteiger partial charge in [0.15, 0.2) is 5.82 Å². The number of nitrogens with zero attached hydrogens (tertiary/aromatic N) is 4. The highest BCUT2D eigenvalue weighted by Gasteiger charge is 2.26. The van der Waals surface area contributed by atoms with Gasteiger partial charge in [-0.05, 0) is 6.92 Å². The Morgan fingerprint density at radius 3 is 2.42 bits per heavy atom. The van der Waals surface area contributed by atoms with Crippen LogP contribution >= 0.6 is 0 Å². The van der Waals surface area contributed by atoms with Crippen LogP contribution in [0.3, 0.4) is 0 Å². The smallest absolute Gasteiger partial charge is 0.409 e. The van der Waals surface area contributed by atoms with Crippen LogP contribution in [0.25, 0.3) is 0 Å². The molecule has 1 saturated heterocycles. The number of aryl methyl sites for hydroxylation is 1. The van der Waals surface area contributed by atoms with Gasteiger partial charge in [0.25, 0.3) is 5.91 Å². The van der Waals surface area contributed by atoms with E-state index in [2.05, 4.69) is 4.98 Å². The van der Waals surface area contributed by atoms with E-state index in [4.69, 9.17) is 4.74 Å². The molecule has 0 aliphatic carbocycles. The lowest BCUT2D eigenvalue weighted by atomic mass is 10.3. The fourth-order valence-electron chi connectivity index (χ4n) is 2.02. The van der Waals surface area contributed by atoms with Gasteiger partial charge in [0, 0.05) is 45.6 Å². The summed E-state index contributed by atoms with van der Waals surface area (Å²) in [4.78, 5) is 31.1. The molecule has 0 atom stereocenters. The van der Waals surface area contributed by atoms with Crippen molar-refractivity contribution in [1.82, 2.24) is 19.4 Å². The van der Waals surface area contributed by atoms with Gasteiger partial charge in [-0.15, -0.1) is 0 Å². The number of imidazole rings is 1. The largest absolute Gasteiger partial charge is 0.450 e. The van der Waals surface area contributed by atoms with Gasteiger partial charge < -0.3 is 19.1 Å². The zero-order valence-corrected chi connectivity index (χ0v) is 11.2. The second-order valence-electron chi connectivity index (χ2n) is 4.34. The lowest BCUT2D eigenvalue weighted by Crippen LogP contribution is -2.51. The van der Waals surface area contributed by atoms with Crippen LogP contribution in [-0.4, -0.2) is 64.1 Å². The average molecular weight is 266 g/mol. The van der Waals surface area contributed by atoms with E-state index in [-0.39, 0.29) is 12.0 Å². The first-order valence-electron chi connectivity index (χ1n) is 6.31. The summed E-state index contributed by atoms with van der Waals surface area (Å²) in [5.74, 6) is 0.320. The molecule has 2 heterocycles. The maximum atomic E-state index is 12.2. The van der Waals surface area contributed by atoms with Gasteiger partial charge in [-0.2, -0.15) is 0 Å². The van der Waals surface area contributed by atoms with E-state index in [0.29, 0.717) is 38.6 Å². The predicted molar refractivity (Wildman–Crippen MR) is 67.7 cm³/mol. The molecule has 0 aromatic carbocycles. The number of carbonyl (C=O) groups excluding carboxylic acids is 2. The molecular formula is C12H18N4O3. The first-order valence-corrected chi connectivity index (χ1v) is 6.31. The van der Waals surface area contributed by atoms with Crippen molar-refractivity contribution in [2.75, 3.05) is 32.8 Å². The van der Waals surface area contributed by atoms with Gasteiger partial charge >= 0.3 is 6.09 Å². The molecule has 2 amide bonds. The molecule has 7 heteroatoms. The molecule has 2 rings (SSSR count). The molecule has 104 valence electrons. The van der Waals surface area contributed by atoms with Crippen LogP contribution in [-0.2, 0) is 11.8 Å². The first kappa shape index (κ1) is 13.4. The molecule has 0 radical (unpaired) electrons. The van der Waals surface area contributed by atoms with Gasteiger partial charge in [-0.3, -0.25) is 4.79 Å². The highest BCUT2D eigenvalue weighted by Crippen LogP contribution is 2.08. The summed E-state index contributed by atoms with van der Waals surface area (Å²) in [6.07, 6.45) is 3.02. The number of carbonyl (C=O) groups is 2. The van der Waals surface area contributed by atoms with Gasteiger partial charge in [0.1, 0.15) is 0 Å². The number of hydrogen-bond acceptors (Lipinski definition) is 4. The van der Waals surface area contributed by atoms with Gasteiger partial charge in [0.2, 0.25) is 0 Å². The molecule has 7 nitrogen and oxygen atoms in total. The van der Waals surface area contributed by atoms with Gasteiger partial charge in [0.05, 0.1) is 6.61 Å². The van der Waals surface area contributed by atoms with E-state index in [1.54, 1.807) is 40.7 Å². The summed E-state index contributed by atoms with van der Waals surface area (Å²) >= 11 is 0. The molecule has 0 spiro atoms. The summed E-state index contributed by atoms with van der Waals surface area (Å²) in [5, 5.41) is 0. The third-order valence-electron chi connectivity index (χ3n) is 3.11. The van der Waals surface area contributed by atoms with Crippen LogP contribution in [0.4, 0.5) is 4.79 Å². The number of piperazine rings is 1. The van der Waals surface area contributed by atoms with Crippen molar-refractivity contribution >= 4 is 12.0 Å². The zero-order valence-electron chi connectivity index (χ0n) is 11.2. The maximum absolute atomic E-state index is 12.2. The van der Waals surface area contributed by atoms with Crippen LogP contribution < -0.4 is 0 Å². The van der Waals surface area contributed by atoms with Crippen molar-refractivity contribution in [2.24, 2.45) is 7.05 Å². The Balaban J connectivity index is 1.92. The molecule has 0 N–H and O–H groups in total. The number of aromatic nitrogens is 2. The Kier molecular flexibility index (Phi) is 4.03. The predicted octanol–water partition coefficient (Wildman–Crippen LogP) is 0.334. The van der Waals surface area contributed by atoms with E-state index in [1.165, 1.54) is 0 Å². The van der Waals surface area contributed by atoms with E-state index in [9.17, 15) is 9.59 Å². The minimum Gasteiger partial charge on any atom is -0.450 e. The fourth-order valence-corrected chi connectivity index (χ4v) is 2.02.